The summed E-state index contributed by atoms with van der Waals surface area (Å²) >= 11 is 0. The van der Waals surface area contributed by atoms with Crippen molar-refractivity contribution in [3.05, 3.63) is 65.4 Å². The molecule has 120 valence electrons. The lowest BCUT2D eigenvalue weighted by Gasteiger charge is -2.18. The minimum Gasteiger partial charge on any atom is -0.509 e. The highest BCUT2D eigenvalue weighted by atomic mass is 19.1. The highest BCUT2D eigenvalue weighted by molar-refractivity contribution is 6.30. The third-order valence-corrected chi connectivity index (χ3v) is 4.10. The van der Waals surface area contributed by atoms with Gasteiger partial charge in [0.15, 0.2) is 0 Å². The summed E-state index contributed by atoms with van der Waals surface area (Å²) in [6.45, 7) is 2.19. The number of aromatic nitrogens is 2. The lowest BCUT2D eigenvalue weighted by molar-refractivity contribution is 0.411. The van der Waals surface area contributed by atoms with E-state index in [4.69, 9.17) is 5.41 Å². The summed E-state index contributed by atoms with van der Waals surface area (Å²) in [5.74, 6) is 0.241. The number of aliphatic hydroxyl groups is 1. The number of benzene rings is 2. The molecule has 3 aromatic rings. The van der Waals surface area contributed by atoms with Gasteiger partial charge in [-0.15, -0.1) is 0 Å². The van der Waals surface area contributed by atoms with Crippen LogP contribution in [-0.4, -0.2) is 27.5 Å². The first-order chi connectivity index (χ1) is 11.5. The van der Waals surface area contributed by atoms with Gasteiger partial charge in [-0.2, -0.15) is 0 Å². The molecule has 1 aromatic heterocycles. The van der Waals surface area contributed by atoms with Crippen LogP contribution in [0.5, 0.6) is 0 Å². The Kier molecular flexibility index (Phi) is 3.13. The van der Waals surface area contributed by atoms with Crippen LogP contribution < -0.4 is 4.90 Å². The molecule has 0 fully saturated rings. The van der Waals surface area contributed by atoms with Crippen molar-refractivity contribution in [2.75, 3.05) is 11.4 Å². The van der Waals surface area contributed by atoms with Crippen molar-refractivity contribution in [1.82, 2.24) is 9.97 Å². The first kappa shape index (κ1) is 14.4. The van der Waals surface area contributed by atoms with Crippen molar-refractivity contribution in [2.24, 2.45) is 0 Å². The summed E-state index contributed by atoms with van der Waals surface area (Å²) in [6.07, 6.45) is 0. The minimum absolute atomic E-state index is 0.0704. The summed E-state index contributed by atoms with van der Waals surface area (Å²) in [7, 11) is 0. The van der Waals surface area contributed by atoms with Crippen LogP contribution in [0.1, 0.15) is 11.4 Å². The van der Waals surface area contributed by atoms with Gasteiger partial charge in [-0.25, -0.2) is 9.37 Å². The fourth-order valence-corrected chi connectivity index (χ4v) is 2.94. The number of anilines is 1. The zero-order chi connectivity index (χ0) is 16.8. The molecule has 0 amide bonds. The van der Waals surface area contributed by atoms with Gasteiger partial charge in [0.1, 0.15) is 23.2 Å². The number of nitrogens with zero attached hydrogens (tertiary/aromatic N) is 2. The second-order valence-electron chi connectivity index (χ2n) is 5.84. The number of fused-ring (bicyclic) bond motifs is 1. The van der Waals surface area contributed by atoms with Crippen molar-refractivity contribution in [2.45, 2.75) is 6.92 Å². The van der Waals surface area contributed by atoms with E-state index in [0.29, 0.717) is 22.4 Å². The number of amidine groups is 1. The van der Waals surface area contributed by atoms with Crippen molar-refractivity contribution in [3.63, 3.8) is 0 Å². The summed E-state index contributed by atoms with van der Waals surface area (Å²) in [6, 6.07) is 12.0. The van der Waals surface area contributed by atoms with E-state index in [2.05, 4.69) is 9.97 Å². The van der Waals surface area contributed by atoms with Gasteiger partial charge >= 0.3 is 0 Å². The maximum absolute atomic E-state index is 13.3. The quantitative estimate of drug-likeness (QED) is 0.672. The molecule has 0 unspecified atom stereocenters. The Morgan fingerprint density at radius 2 is 2.08 bits per heavy atom. The molecule has 5 nitrogen and oxygen atoms in total. The second-order valence-corrected chi connectivity index (χ2v) is 5.84. The largest absolute Gasteiger partial charge is 0.509 e. The van der Waals surface area contributed by atoms with E-state index in [-0.39, 0.29) is 24.0 Å². The smallest absolute Gasteiger partial charge is 0.145 e. The van der Waals surface area contributed by atoms with Crippen LogP contribution in [0.3, 0.4) is 0 Å². The maximum atomic E-state index is 13.3. The third kappa shape index (κ3) is 2.23. The summed E-state index contributed by atoms with van der Waals surface area (Å²) in [5.41, 5.74) is 3.38. The average molecular weight is 322 g/mol. The number of aromatic amines is 1. The first-order valence-corrected chi connectivity index (χ1v) is 7.54. The summed E-state index contributed by atoms with van der Waals surface area (Å²) < 4.78 is 13.3. The first-order valence-electron chi connectivity index (χ1n) is 7.54. The van der Waals surface area contributed by atoms with Gasteiger partial charge in [0, 0.05) is 5.69 Å². The van der Waals surface area contributed by atoms with Gasteiger partial charge in [-0.3, -0.25) is 5.41 Å². The molecule has 6 heteroatoms. The Bertz CT molecular complexity index is 1010. The minimum atomic E-state index is -0.362. The van der Waals surface area contributed by atoms with E-state index >= 15 is 0 Å². The number of rotatable bonds is 2. The zero-order valence-electron chi connectivity index (χ0n) is 13.0. The van der Waals surface area contributed by atoms with Crippen molar-refractivity contribution >= 4 is 28.1 Å². The normalized spacial score (nSPS) is 14.9. The molecule has 0 atom stereocenters. The molecule has 4 rings (SSSR count). The lowest BCUT2D eigenvalue weighted by atomic mass is 10.2. The number of hydrogen-bond acceptors (Lipinski definition) is 3. The fourth-order valence-electron chi connectivity index (χ4n) is 2.94. The highest BCUT2D eigenvalue weighted by Gasteiger charge is 2.31. The SMILES string of the molecule is Cc1cccc(N2CC(O)=C(c3nc4ccc(F)cc4[nH]3)C2=N)c1. The number of aliphatic hydroxyl groups excluding tert-OH is 1. The predicted molar refractivity (Wildman–Crippen MR) is 91.9 cm³/mol. The van der Waals surface area contributed by atoms with Gasteiger partial charge in [-0.05, 0) is 42.8 Å². The van der Waals surface area contributed by atoms with E-state index in [0.717, 1.165) is 11.3 Å². The molecule has 2 aromatic carbocycles. The second kappa shape index (κ2) is 5.19. The van der Waals surface area contributed by atoms with E-state index in [1.165, 1.54) is 12.1 Å². The number of H-pyrrole nitrogens is 1. The molecule has 0 bridgehead atoms. The molecule has 0 saturated carbocycles. The van der Waals surface area contributed by atoms with Gasteiger partial charge in [0.25, 0.3) is 0 Å². The van der Waals surface area contributed by atoms with Gasteiger partial charge in [0.05, 0.1) is 23.2 Å². The van der Waals surface area contributed by atoms with Crippen molar-refractivity contribution in [3.8, 4) is 0 Å². The van der Waals surface area contributed by atoms with Crippen molar-refractivity contribution in [1.29, 1.82) is 5.41 Å². The van der Waals surface area contributed by atoms with E-state index in [1.54, 1.807) is 11.0 Å². The Balaban J connectivity index is 1.74. The molecule has 3 N–H and O–H groups in total. The Labute approximate surface area is 137 Å². The van der Waals surface area contributed by atoms with Crippen LogP contribution in [-0.2, 0) is 0 Å². The molecule has 0 aliphatic carbocycles. The summed E-state index contributed by atoms with van der Waals surface area (Å²) in [5, 5.41) is 18.8. The van der Waals surface area contributed by atoms with Crippen LogP contribution in [0.4, 0.5) is 10.1 Å². The average Bonchev–Trinajstić information content (AvgIpc) is 3.07. The lowest BCUT2D eigenvalue weighted by Crippen LogP contribution is -2.26. The van der Waals surface area contributed by atoms with Crippen LogP contribution in [0.2, 0.25) is 0 Å². The maximum Gasteiger partial charge on any atom is 0.145 e. The third-order valence-electron chi connectivity index (χ3n) is 4.10. The topological polar surface area (TPSA) is 76.0 Å². The molecule has 0 spiro atoms. The molecule has 0 radical (unpaired) electrons. The molecule has 24 heavy (non-hydrogen) atoms. The number of halogens is 1. The Morgan fingerprint density at radius 1 is 1.25 bits per heavy atom. The zero-order valence-corrected chi connectivity index (χ0v) is 13.0. The molecule has 1 aliphatic rings. The van der Waals surface area contributed by atoms with Gasteiger partial charge in [0.2, 0.25) is 0 Å². The molecule has 2 heterocycles. The highest BCUT2D eigenvalue weighted by Crippen LogP contribution is 2.31. The number of imidazole rings is 1. The number of hydrogen-bond donors (Lipinski definition) is 3. The monoisotopic (exact) mass is 322 g/mol. The van der Waals surface area contributed by atoms with Gasteiger partial charge in [-0.1, -0.05) is 12.1 Å². The Hall–Kier alpha value is -3.15. The van der Waals surface area contributed by atoms with Crippen molar-refractivity contribution < 1.29 is 9.50 Å². The van der Waals surface area contributed by atoms with Gasteiger partial charge < -0.3 is 15.0 Å². The predicted octanol–water partition coefficient (Wildman–Crippen LogP) is 3.78. The standard InChI is InChI=1S/C18H15FN4O/c1-10-3-2-4-12(7-10)23-9-15(24)16(17(23)20)18-21-13-6-5-11(19)8-14(13)22-18/h2-8,20,24H,9H2,1H3,(H,21,22). The molecular weight excluding hydrogens is 307 g/mol. The van der Waals surface area contributed by atoms with E-state index in [1.807, 2.05) is 31.2 Å². The summed E-state index contributed by atoms with van der Waals surface area (Å²) in [4.78, 5) is 9.07. The molecular formula is C18H15FN4O. The van der Waals surface area contributed by atoms with Crippen LogP contribution in [0.25, 0.3) is 16.6 Å². The molecule has 1 aliphatic heterocycles. The number of aryl methyl sites for hydroxylation is 1. The Morgan fingerprint density at radius 3 is 2.88 bits per heavy atom. The van der Waals surface area contributed by atoms with Crippen LogP contribution >= 0.6 is 0 Å². The molecule has 0 saturated heterocycles. The van der Waals surface area contributed by atoms with E-state index < -0.39 is 0 Å². The number of nitrogens with one attached hydrogen (secondary N) is 2. The van der Waals surface area contributed by atoms with Crippen LogP contribution in [0.15, 0.2) is 48.2 Å². The van der Waals surface area contributed by atoms with Crippen LogP contribution in [0, 0.1) is 18.2 Å². The van der Waals surface area contributed by atoms with E-state index in [9.17, 15) is 9.50 Å². The fraction of sp³-hybridized carbons (Fsp3) is 0.111.